The molecule has 1 aromatic heterocycles. The van der Waals surface area contributed by atoms with Gasteiger partial charge in [-0.05, 0) is 19.1 Å². The number of pyridine rings is 1. The van der Waals surface area contributed by atoms with Crippen molar-refractivity contribution < 1.29 is 22.7 Å². The Labute approximate surface area is 181 Å². The van der Waals surface area contributed by atoms with Crippen LogP contribution in [-0.2, 0) is 15.7 Å². The molecule has 0 atom stereocenters. The monoisotopic (exact) mass is 454 g/mol. The molecule has 2 heterocycles. The Kier molecular flexibility index (Phi) is 7.72. The number of esters is 1. The zero-order chi connectivity index (χ0) is 23.2. The van der Waals surface area contributed by atoms with Gasteiger partial charge >= 0.3 is 12.1 Å². The highest BCUT2D eigenvalue weighted by Gasteiger charge is 2.32. The van der Waals surface area contributed by atoms with Crippen molar-refractivity contribution in [1.29, 1.82) is 10.5 Å². The summed E-state index contributed by atoms with van der Waals surface area (Å²) >= 11 is 5.99. The van der Waals surface area contributed by atoms with E-state index >= 15 is 0 Å². The fourth-order valence-electron chi connectivity index (χ4n) is 2.80. The first-order valence-corrected chi connectivity index (χ1v) is 9.41. The number of hydrogen-bond acceptors (Lipinski definition) is 8. The number of alkyl halides is 3. The van der Waals surface area contributed by atoms with Crippen molar-refractivity contribution in [3.63, 3.8) is 0 Å². The summed E-state index contributed by atoms with van der Waals surface area (Å²) in [7, 11) is 0. The lowest BCUT2D eigenvalue weighted by molar-refractivity contribution is -0.138. The normalized spacial score (nSPS) is 15.6. The minimum Gasteiger partial charge on any atom is -0.462 e. The second kappa shape index (κ2) is 10.0. The summed E-state index contributed by atoms with van der Waals surface area (Å²) in [5.74, 6) is -0.588. The van der Waals surface area contributed by atoms with Gasteiger partial charge in [0.25, 0.3) is 0 Å². The molecule has 164 valence electrons. The molecule has 0 unspecified atom stereocenters. The number of halogens is 4. The van der Waals surface area contributed by atoms with Crippen molar-refractivity contribution in [2.45, 2.75) is 13.1 Å². The van der Waals surface area contributed by atoms with Gasteiger partial charge in [0, 0.05) is 32.4 Å². The largest absolute Gasteiger partial charge is 0.462 e. The van der Waals surface area contributed by atoms with E-state index in [2.05, 4.69) is 4.98 Å². The average molecular weight is 455 g/mol. The van der Waals surface area contributed by atoms with Gasteiger partial charge in [0.05, 0.1) is 22.8 Å². The third kappa shape index (κ3) is 5.80. The summed E-state index contributed by atoms with van der Waals surface area (Å²) in [6.45, 7) is 2.92. The molecule has 1 aromatic rings. The number of anilines is 1. The Bertz CT molecular complexity index is 986. The summed E-state index contributed by atoms with van der Waals surface area (Å²) in [6.07, 6.45) is -2.76. The van der Waals surface area contributed by atoms with Crippen LogP contribution in [0.4, 0.5) is 19.0 Å². The molecule has 12 heteroatoms. The number of ether oxygens (including phenoxy) is 1. The molecule has 0 radical (unpaired) electrons. The van der Waals surface area contributed by atoms with E-state index in [1.807, 2.05) is 6.07 Å². The molecule has 0 aliphatic carbocycles. The van der Waals surface area contributed by atoms with Gasteiger partial charge in [-0.25, -0.2) is 9.78 Å². The predicted octanol–water partition coefficient (Wildman–Crippen LogP) is 2.58. The average Bonchev–Trinajstić information content (AvgIpc) is 2.74. The molecular formula is C19H18ClF3N6O2. The Morgan fingerprint density at radius 2 is 1.97 bits per heavy atom. The highest BCUT2D eigenvalue weighted by atomic mass is 35.5. The highest BCUT2D eigenvalue weighted by molar-refractivity contribution is 6.33. The van der Waals surface area contributed by atoms with Crippen molar-refractivity contribution in [1.82, 2.24) is 9.88 Å². The molecule has 1 fully saturated rings. The Hall–Kier alpha value is -3.44. The molecule has 1 aliphatic rings. The predicted molar refractivity (Wildman–Crippen MR) is 105 cm³/mol. The van der Waals surface area contributed by atoms with Crippen LogP contribution in [0.15, 0.2) is 35.3 Å². The van der Waals surface area contributed by atoms with Gasteiger partial charge in [-0.3, -0.25) is 0 Å². The molecule has 0 aromatic carbocycles. The zero-order valence-electron chi connectivity index (χ0n) is 16.4. The third-order valence-corrected chi connectivity index (χ3v) is 4.65. The smallest absolute Gasteiger partial charge is 0.417 e. The van der Waals surface area contributed by atoms with Crippen LogP contribution >= 0.6 is 11.6 Å². The topological polar surface area (TPSA) is 119 Å². The maximum Gasteiger partial charge on any atom is 0.417 e. The van der Waals surface area contributed by atoms with Crippen LogP contribution in [0.5, 0.6) is 0 Å². The van der Waals surface area contributed by atoms with E-state index in [-0.39, 0.29) is 34.4 Å². The second-order valence-corrected chi connectivity index (χ2v) is 6.71. The van der Waals surface area contributed by atoms with Gasteiger partial charge in [0.15, 0.2) is 0 Å². The number of nitriles is 2. The van der Waals surface area contributed by atoms with E-state index < -0.39 is 17.7 Å². The Balaban J connectivity index is 2.17. The molecule has 0 saturated carbocycles. The van der Waals surface area contributed by atoms with Crippen LogP contribution in [0, 0.1) is 22.7 Å². The second-order valence-electron chi connectivity index (χ2n) is 6.30. The van der Waals surface area contributed by atoms with Gasteiger partial charge in [0.2, 0.25) is 0 Å². The lowest BCUT2D eigenvalue weighted by atomic mass is 10.1. The molecular weight excluding hydrogens is 437 g/mol. The summed E-state index contributed by atoms with van der Waals surface area (Å²) in [5, 5.41) is 18.4. The Morgan fingerprint density at radius 1 is 1.32 bits per heavy atom. The minimum absolute atomic E-state index is 0.0608. The first-order valence-electron chi connectivity index (χ1n) is 9.03. The molecule has 2 rings (SSSR count). The molecule has 31 heavy (non-hydrogen) atoms. The van der Waals surface area contributed by atoms with Crippen LogP contribution < -0.4 is 10.6 Å². The highest BCUT2D eigenvalue weighted by Crippen LogP contribution is 2.33. The first-order chi connectivity index (χ1) is 14.6. The van der Waals surface area contributed by atoms with Crippen molar-refractivity contribution in [3.05, 3.63) is 45.9 Å². The zero-order valence-corrected chi connectivity index (χ0v) is 17.2. The maximum absolute atomic E-state index is 12.8. The number of rotatable bonds is 5. The Morgan fingerprint density at radius 3 is 2.45 bits per heavy atom. The summed E-state index contributed by atoms with van der Waals surface area (Å²) < 4.78 is 43.1. The number of hydrogen-bond donors (Lipinski definition) is 1. The fraction of sp³-hybridized carbons (Fsp3) is 0.368. The standard InChI is InChI=1S/C19H18ClF3N6O2/c1-2-31-18(30)13(10-25)7-12(9-24)16(26)28-3-5-29(6-4-28)17-15(20)8-14(11-27-17)19(21,22)23/h7-8,11H,2-6,26H2,1H3. The fourth-order valence-corrected chi connectivity index (χ4v) is 3.09. The molecule has 1 aliphatic heterocycles. The number of carbonyl (C=O) groups excluding carboxylic acids is 1. The van der Waals surface area contributed by atoms with Gasteiger partial charge < -0.3 is 20.3 Å². The molecule has 0 bridgehead atoms. The van der Waals surface area contributed by atoms with E-state index in [0.29, 0.717) is 26.2 Å². The van der Waals surface area contributed by atoms with Crippen molar-refractivity contribution in [3.8, 4) is 12.1 Å². The molecule has 8 nitrogen and oxygen atoms in total. The number of carbonyl (C=O) groups is 1. The van der Waals surface area contributed by atoms with Crippen LogP contribution in [0.2, 0.25) is 5.02 Å². The quantitative estimate of drug-likeness (QED) is 0.312. The van der Waals surface area contributed by atoms with Crippen molar-refractivity contribution in [2.24, 2.45) is 5.73 Å². The SMILES string of the molecule is CCOC(=O)C(C#N)=CC(C#N)=C(N)N1CCN(c2ncc(C(F)(F)F)cc2Cl)CC1. The van der Waals surface area contributed by atoms with Gasteiger partial charge in [-0.1, -0.05) is 11.6 Å². The summed E-state index contributed by atoms with van der Waals surface area (Å²) in [6, 6.07) is 4.35. The number of piperazine rings is 1. The van der Waals surface area contributed by atoms with Crippen LogP contribution in [0.25, 0.3) is 0 Å². The van der Waals surface area contributed by atoms with Gasteiger partial charge in [-0.2, -0.15) is 23.7 Å². The van der Waals surface area contributed by atoms with Crippen molar-refractivity contribution in [2.75, 3.05) is 37.7 Å². The molecule has 1 saturated heterocycles. The lowest BCUT2D eigenvalue weighted by Crippen LogP contribution is -2.48. The first kappa shape index (κ1) is 23.8. The van der Waals surface area contributed by atoms with E-state index in [1.165, 1.54) is 0 Å². The van der Waals surface area contributed by atoms with Crippen LogP contribution in [0.3, 0.4) is 0 Å². The van der Waals surface area contributed by atoms with Crippen molar-refractivity contribution >= 4 is 23.4 Å². The van der Waals surface area contributed by atoms with E-state index in [1.54, 1.807) is 22.8 Å². The summed E-state index contributed by atoms with van der Waals surface area (Å²) in [5.41, 5.74) is 4.68. The number of aromatic nitrogens is 1. The minimum atomic E-state index is -4.54. The maximum atomic E-state index is 12.8. The van der Waals surface area contributed by atoms with E-state index in [4.69, 9.17) is 27.3 Å². The van der Waals surface area contributed by atoms with E-state index in [9.17, 15) is 23.2 Å². The van der Waals surface area contributed by atoms with Crippen LogP contribution in [0.1, 0.15) is 12.5 Å². The van der Waals surface area contributed by atoms with Gasteiger partial charge in [0.1, 0.15) is 29.4 Å². The van der Waals surface area contributed by atoms with Crippen LogP contribution in [-0.4, -0.2) is 48.6 Å². The van der Waals surface area contributed by atoms with E-state index in [0.717, 1.165) is 18.3 Å². The van der Waals surface area contributed by atoms with Gasteiger partial charge in [-0.15, -0.1) is 0 Å². The number of nitrogens with zero attached hydrogens (tertiary/aromatic N) is 5. The summed E-state index contributed by atoms with van der Waals surface area (Å²) in [4.78, 5) is 18.9. The third-order valence-electron chi connectivity index (χ3n) is 4.37. The molecule has 0 amide bonds. The number of nitrogens with two attached hydrogens (primary N) is 1. The number of allylic oxidation sites excluding steroid dienone is 2. The molecule has 2 N–H and O–H groups in total. The molecule has 0 spiro atoms. The lowest BCUT2D eigenvalue weighted by Gasteiger charge is -2.37.